The highest BCUT2D eigenvalue weighted by atomic mass is 14.9. The van der Waals surface area contributed by atoms with Crippen LogP contribution in [0.1, 0.15) is 45.7 Å². The summed E-state index contributed by atoms with van der Waals surface area (Å²) in [5, 5.41) is 3.61. The molecule has 0 aromatic carbocycles. The Hall–Kier alpha value is -0.890. The van der Waals surface area contributed by atoms with Crippen LogP contribution in [-0.2, 0) is 0 Å². The van der Waals surface area contributed by atoms with Crippen molar-refractivity contribution in [3.8, 4) is 0 Å². The van der Waals surface area contributed by atoms with Gasteiger partial charge < -0.3 is 5.32 Å². The highest BCUT2D eigenvalue weighted by Gasteiger charge is 2.13. The number of aromatic nitrogens is 1. The molecule has 0 fully saturated rings. The molecule has 0 saturated heterocycles. The van der Waals surface area contributed by atoms with Crippen LogP contribution in [0, 0.1) is 5.92 Å². The van der Waals surface area contributed by atoms with E-state index in [9.17, 15) is 0 Å². The largest absolute Gasteiger partial charge is 0.307 e. The third-order valence-electron chi connectivity index (χ3n) is 3.19. The zero-order valence-corrected chi connectivity index (χ0v) is 10.2. The second kappa shape index (κ2) is 5.86. The summed E-state index contributed by atoms with van der Waals surface area (Å²) in [4.78, 5) is 4.14. The highest BCUT2D eigenvalue weighted by Crippen LogP contribution is 2.14. The second-order valence-corrected chi connectivity index (χ2v) is 4.35. The van der Waals surface area contributed by atoms with Gasteiger partial charge in [0, 0.05) is 24.5 Å². The van der Waals surface area contributed by atoms with Crippen molar-refractivity contribution in [1.29, 1.82) is 0 Å². The lowest BCUT2D eigenvalue weighted by Gasteiger charge is -2.24. The Morgan fingerprint density at radius 3 is 2.60 bits per heavy atom. The van der Waals surface area contributed by atoms with Crippen LogP contribution >= 0.6 is 0 Å². The van der Waals surface area contributed by atoms with Crippen molar-refractivity contribution in [3.63, 3.8) is 0 Å². The third kappa shape index (κ3) is 3.63. The molecule has 84 valence electrons. The monoisotopic (exact) mass is 206 g/mol. The van der Waals surface area contributed by atoms with Gasteiger partial charge in [-0.3, -0.25) is 4.98 Å². The maximum absolute atomic E-state index is 4.14. The van der Waals surface area contributed by atoms with Crippen LogP contribution in [0.3, 0.4) is 0 Å². The second-order valence-electron chi connectivity index (χ2n) is 4.35. The van der Waals surface area contributed by atoms with Crippen LogP contribution in [0.2, 0.25) is 0 Å². The molecule has 0 radical (unpaired) electrons. The first kappa shape index (κ1) is 12.2. The number of rotatable bonds is 5. The van der Waals surface area contributed by atoms with Gasteiger partial charge in [0.2, 0.25) is 0 Å². The van der Waals surface area contributed by atoms with E-state index >= 15 is 0 Å². The smallest absolute Gasteiger partial charge is 0.0315 e. The molecule has 2 heteroatoms. The van der Waals surface area contributed by atoms with Crippen LogP contribution in [0.4, 0.5) is 0 Å². The van der Waals surface area contributed by atoms with Crippen LogP contribution in [0.25, 0.3) is 0 Å². The Morgan fingerprint density at radius 2 is 2.07 bits per heavy atom. The molecule has 0 aliphatic rings. The highest BCUT2D eigenvalue weighted by molar-refractivity contribution is 5.12. The molecule has 0 bridgehead atoms. The SMILES string of the molecule is CCC(C)C(C)N[C@@H](C)c1cccnc1. The molecule has 2 nitrogen and oxygen atoms in total. The van der Waals surface area contributed by atoms with E-state index in [4.69, 9.17) is 0 Å². The van der Waals surface area contributed by atoms with Crippen molar-refractivity contribution in [2.75, 3.05) is 0 Å². The van der Waals surface area contributed by atoms with Crippen LogP contribution in [0.15, 0.2) is 24.5 Å². The molecular formula is C13H22N2. The molecule has 1 aromatic rings. The molecule has 2 unspecified atom stereocenters. The van der Waals surface area contributed by atoms with E-state index in [-0.39, 0.29) is 0 Å². The molecule has 1 heterocycles. The summed E-state index contributed by atoms with van der Waals surface area (Å²) in [6.07, 6.45) is 4.96. The molecule has 0 aliphatic carbocycles. The predicted octanol–water partition coefficient (Wildman–Crippen LogP) is 3.17. The zero-order valence-electron chi connectivity index (χ0n) is 10.2. The van der Waals surface area contributed by atoms with Gasteiger partial charge in [-0.15, -0.1) is 0 Å². The predicted molar refractivity (Wildman–Crippen MR) is 64.7 cm³/mol. The van der Waals surface area contributed by atoms with E-state index in [1.807, 2.05) is 18.5 Å². The molecule has 1 rings (SSSR count). The molecule has 15 heavy (non-hydrogen) atoms. The fourth-order valence-electron chi connectivity index (χ4n) is 1.64. The molecule has 0 amide bonds. The first-order chi connectivity index (χ1) is 7.15. The van der Waals surface area contributed by atoms with Crippen molar-refractivity contribution >= 4 is 0 Å². The first-order valence-electron chi connectivity index (χ1n) is 5.81. The van der Waals surface area contributed by atoms with Gasteiger partial charge in [-0.25, -0.2) is 0 Å². The van der Waals surface area contributed by atoms with Crippen LogP contribution < -0.4 is 5.32 Å². The average Bonchev–Trinajstić information content (AvgIpc) is 2.29. The van der Waals surface area contributed by atoms with Crippen molar-refractivity contribution < 1.29 is 0 Å². The van der Waals surface area contributed by atoms with Gasteiger partial charge in [0.1, 0.15) is 0 Å². The van der Waals surface area contributed by atoms with E-state index in [1.54, 1.807) is 0 Å². The van der Waals surface area contributed by atoms with E-state index < -0.39 is 0 Å². The summed E-state index contributed by atoms with van der Waals surface area (Å²) in [5.74, 6) is 0.712. The van der Waals surface area contributed by atoms with E-state index in [2.05, 4.69) is 44.1 Å². The third-order valence-corrected chi connectivity index (χ3v) is 3.19. The van der Waals surface area contributed by atoms with Gasteiger partial charge in [0.05, 0.1) is 0 Å². The van der Waals surface area contributed by atoms with Crippen LogP contribution in [-0.4, -0.2) is 11.0 Å². The lowest BCUT2D eigenvalue weighted by Crippen LogP contribution is -2.33. The minimum atomic E-state index is 0.378. The van der Waals surface area contributed by atoms with Crippen LogP contribution in [0.5, 0.6) is 0 Å². The van der Waals surface area contributed by atoms with Gasteiger partial charge in [-0.2, -0.15) is 0 Å². The molecule has 1 aromatic heterocycles. The minimum Gasteiger partial charge on any atom is -0.307 e. The van der Waals surface area contributed by atoms with Gasteiger partial charge in [0.25, 0.3) is 0 Å². The fraction of sp³-hybridized carbons (Fsp3) is 0.615. The summed E-state index contributed by atoms with van der Waals surface area (Å²) >= 11 is 0. The lowest BCUT2D eigenvalue weighted by atomic mass is 9.99. The Kier molecular flexibility index (Phi) is 4.76. The number of nitrogens with one attached hydrogen (secondary N) is 1. The van der Waals surface area contributed by atoms with Gasteiger partial charge >= 0.3 is 0 Å². The molecule has 3 atom stereocenters. The minimum absolute atomic E-state index is 0.378. The van der Waals surface area contributed by atoms with Crippen molar-refractivity contribution in [2.45, 2.75) is 46.2 Å². The van der Waals surface area contributed by atoms with Gasteiger partial charge in [-0.1, -0.05) is 26.3 Å². The summed E-state index contributed by atoms with van der Waals surface area (Å²) in [6.45, 7) is 8.96. The average molecular weight is 206 g/mol. The number of hydrogen-bond donors (Lipinski definition) is 1. The Morgan fingerprint density at radius 1 is 1.33 bits per heavy atom. The zero-order chi connectivity index (χ0) is 11.3. The molecule has 0 aliphatic heterocycles. The fourth-order valence-corrected chi connectivity index (χ4v) is 1.64. The number of pyridine rings is 1. The number of nitrogens with zero attached hydrogens (tertiary/aromatic N) is 1. The topological polar surface area (TPSA) is 24.9 Å². The first-order valence-corrected chi connectivity index (χ1v) is 5.81. The lowest BCUT2D eigenvalue weighted by molar-refractivity contribution is 0.360. The summed E-state index contributed by atoms with van der Waals surface area (Å²) in [7, 11) is 0. The number of hydrogen-bond acceptors (Lipinski definition) is 2. The maximum Gasteiger partial charge on any atom is 0.0315 e. The Balaban J connectivity index is 2.52. The molecular weight excluding hydrogens is 184 g/mol. The standard InChI is InChI=1S/C13H22N2/c1-5-10(2)11(3)15-12(4)13-7-6-8-14-9-13/h6-12,15H,5H2,1-4H3/t10?,11?,12-/m0/s1. The Bertz CT molecular complexity index is 271. The van der Waals surface area contributed by atoms with E-state index in [1.165, 1.54) is 12.0 Å². The molecule has 0 saturated carbocycles. The van der Waals surface area contributed by atoms with Crippen molar-refractivity contribution in [1.82, 2.24) is 10.3 Å². The van der Waals surface area contributed by atoms with Crippen molar-refractivity contribution in [3.05, 3.63) is 30.1 Å². The van der Waals surface area contributed by atoms with E-state index in [0.29, 0.717) is 18.0 Å². The van der Waals surface area contributed by atoms with Gasteiger partial charge in [-0.05, 0) is 31.4 Å². The summed E-state index contributed by atoms with van der Waals surface area (Å²) in [6, 6.07) is 5.03. The summed E-state index contributed by atoms with van der Waals surface area (Å²) in [5.41, 5.74) is 1.26. The van der Waals surface area contributed by atoms with Crippen molar-refractivity contribution in [2.24, 2.45) is 5.92 Å². The normalized spacial score (nSPS) is 17.1. The maximum atomic E-state index is 4.14. The van der Waals surface area contributed by atoms with E-state index in [0.717, 1.165) is 0 Å². The molecule has 1 N–H and O–H groups in total. The Labute approximate surface area is 93.1 Å². The van der Waals surface area contributed by atoms with Gasteiger partial charge in [0.15, 0.2) is 0 Å². The summed E-state index contributed by atoms with van der Waals surface area (Å²) < 4.78 is 0. The quantitative estimate of drug-likeness (QED) is 0.800. The molecule has 0 spiro atoms.